The molecule has 0 aliphatic carbocycles. The number of sulfonamides is 1. The molecule has 0 aliphatic heterocycles. The minimum absolute atomic E-state index is 0. The van der Waals surface area contributed by atoms with Crippen LogP contribution >= 0.6 is 0 Å². The van der Waals surface area contributed by atoms with Crippen LogP contribution in [0.1, 0.15) is 52.0 Å². The van der Waals surface area contributed by atoms with Crippen molar-refractivity contribution in [3.8, 4) is 11.1 Å². The normalized spacial score (nSPS) is 13.1. The van der Waals surface area contributed by atoms with Gasteiger partial charge in [-0.2, -0.15) is 0 Å². The maximum atomic E-state index is 13.3. The van der Waals surface area contributed by atoms with Crippen LogP contribution in [-0.2, 0) is 26.0 Å². The number of nitrogens with zero attached hydrogens (tertiary/aromatic N) is 2. The van der Waals surface area contributed by atoms with E-state index in [1.807, 2.05) is 47.0 Å². The van der Waals surface area contributed by atoms with E-state index >= 15 is 0 Å². The van der Waals surface area contributed by atoms with Crippen molar-refractivity contribution in [2.75, 3.05) is 12.9 Å². The molecule has 1 atom stereocenters. The summed E-state index contributed by atoms with van der Waals surface area (Å²) in [5.74, 6) is 0. The first kappa shape index (κ1) is 32.2. The van der Waals surface area contributed by atoms with Gasteiger partial charge in [0.2, 0.25) is 10.0 Å². The van der Waals surface area contributed by atoms with Crippen molar-refractivity contribution in [2.45, 2.75) is 58.6 Å². The van der Waals surface area contributed by atoms with E-state index < -0.39 is 40.2 Å². The zero-order valence-corrected chi connectivity index (χ0v) is 27.4. The Kier molecular flexibility index (Phi) is 11.0. The summed E-state index contributed by atoms with van der Waals surface area (Å²) in [5, 5.41) is 2.67. The maximum absolute atomic E-state index is 13.3. The Balaban J connectivity index is 0.00000507. The largest absolute Gasteiger partial charge is 0.444 e. The molecule has 0 fully saturated rings. The summed E-state index contributed by atoms with van der Waals surface area (Å²) in [6.45, 7) is 8.04. The number of carbonyl (C=O) groups excluding carboxylic acids is 1. The summed E-state index contributed by atoms with van der Waals surface area (Å²) in [6.07, 6.45) is 4.77. The van der Waals surface area contributed by atoms with E-state index in [0.717, 1.165) is 22.9 Å². The summed E-state index contributed by atoms with van der Waals surface area (Å²) in [6, 6.07) is 11.3. The molecular weight excluding hydrogens is 737 g/mol. The predicted molar refractivity (Wildman–Crippen MR) is 140 cm³/mol. The van der Waals surface area contributed by atoms with Crippen molar-refractivity contribution < 1.29 is 58.2 Å². The molecule has 0 saturated heterocycles. The van der Waals surface area contributed by atoms with Gasteiger partial charge in [-0.25, -0.2) is 22.9 Å². The minimum atomic E-state index is -3.31. The van der Waals surface area contributed by atoms with Crippen molar-refractivity contribution in [3.05, 3.63) is 66.5 Å². The van der Waals surface area contributed by atoms with Crippen LogP contribution in [0.3, 0.4) is 0 Å². The fraction of sp³-hybridized carbons (Fsp3) is 0.423. The Morgan fingerprint density at radius 1 is 1.13 bits per heavy atom. The SMILES string of the molecule is CC(C)(C)OC(=O)NC(C)(C)O[C@@H]([CH-]CF)c1ccc(-c2ccn3cc(CNS(C)(=O)=O)nc3c2)cc1.[U]. The van der Waals surface area contributed by atoms with E-state index in [-0.39, 0.29) is 37.7 Å². The molecule has 2 aromatic heterocycles. The number of alkyl halides is 1. The van der Waals surface area contributed by atoms with E-state index in [9.17, 15) is 17.6 Å². The first-order valence-electron chi connectivity index (χ1n) is 11.7. The molecule has 0 aliphatic rings. The van der Waals surface area contributed by atoms with E-state index in [1.165, 1.54) is 6.42 Å². The van der Waals surface area contributed by atoms with Gasteiger partial charge in [-0.1, -0.05) is 24.3 Å². The number of nitrogens with one attached hydrogen (secondary N) is 2. The van der Waals surface area contributed by atoms with Crippen molar-refractivity contribution in [1.29, 1.82) is 0 Å². The van der Waals surface area contributed by atoms with Gasteiger partial charge < -0.3 is 13.9 Å². The molecule has 1 amide bonds. The molecule has 0 bridgehead atoms. The number of amides is 1. The molecule has 2 N–H and O–H groups in total. The summed E-state index contributed by atoms with van der Waals surface area (Å²) in [7, 11) is -3.31. The molecule has 3 rings (SSSR count). The van der Waals surface area contributed by atoms with Gasteiger partial charge in [-0.15, -0.1) is 0 Å². The van der Waals surface area contributed by atoms with Crippen molar-refractivity contribution in [2.24, 2.45) is 0 Å². The topological polar surface area (TPSA) is 111 Å². The standard InChI is InChI=1S/C26H34FN4O5S.U/c1-25(2,3)36-24(32)30-26(4,5)35-22(11-13-27)19-9-7-18(8-10-19)20-12-14-31-17-21(29-23(31)15-20)16-28-37(6,33)34;/h7-12,14-15,17,22,28H,13,16H2,1-6H3,(H,30,32);/q-1;/t22-;/m0./s1. The number of pyridine rings is 1. The summed E-state index contributed by atoms with van der Waals surface area (Å²) < 4.78 is 51.6. The van der Waals surface area contributed by atoms with Gasteiger partial charge in [-0.3, -0.25) is 16.1 Å². The molecule has 9 nitrogen and oxygen atoms in total. The third kappa shape index (κ3) is 9.97. The smallest absolute Gasteiger partial charge is 0.409 e. The van der Waals surface area contributed by atoms with Gasteiger partial charge in [0, 0.05) is 43.5 Å². The molecule has 0 saturated carbocycles. The molecule has 206 valence electrons. The van der Waals surface area contributed by atoms with Crippen LogP contribution in [0.15, 0.2) is 48.8 Å². The fourth-order valence-electron chi connectivity index (χ4n) is 3.60. The van der Waals surface area contributed by atoms with Gasteiger partial charge in [0.25, 0.3) is 0 Å². The predicted octanol–water partition coefficient (Wildman–Crippen LogP) is 4.54. The molecule has 0 spiro atoms. The monoisotopic (exact) mass is 771 g/mol. The number of carbonyl (C=O) groups is 1. The Labute approximate surface area is 247 Å². The molecule has 0 unspecified atom stereocenters. The zero-order valence-electron chi connectivity index (χ0n) is 22.4. The van der Waals surface area contributed by atoms with Gasteiger partial charge in [0.05, 0.1) is 18.5 Å². The van der Waals surface area contributed by atoms with Crippen LogP contribution in [0, 0.1) is 37.5 Å². The number of rotatable bonds is 10. The van der Waals surface area contributed by atoms with Gasteiger partial charge in [0.1, 0.15) is 17.0 Å². The zero-order chi connectivity index (χ0) is 27.4. The van der Waals surface area contributed by atoms with E-state index in [0.29, 0.717) is 11.3 Å². The first-order valence-corrected chi connectivity index (χ1v) is 13.6. The molecule has 2 heterocycles. The Morgan fingerprint density at radius 2 is 1.79 bits per heavy atom. The Bertz CT molecular complexity index is 1340. The molecular formula is C26H34FN4O5SU-. The molecule has 1 aromatic carbocycles. The third-order valence-corrected chi connectivity index (χ3v) is 5.79. The number of hydrogen-bond donors (Lipinski definition) is 2. The second-order valence-electron chi connectivity index (χ2n) is 10.2. The van der Waals surface area contributed by atoms with Crippen molar-refractivity contribution >= 4 is 21.8 Å². The number of fused-ring (bicyclic) bond motifs is 1. The number of aromatic nitrogens is 2. The van der Waals surface area contributed by atoms with E-state index in [2.05, 4.69) is 15.0 Å². The number of hydrogen-bond acceptors (Lipinski definition) is 6. The number of halogens is 1. The van der Waals surface area contributed by atoms with Gasteiger partial charge in [-0.05, 0) is 76.2 Å². The summed E-state index contributed by atoms with van der Waals surface area (Å²) in [4.78, 5) is 16.7. The molecule has 12 heteroatoms. The Morgan fingerprint density at radius 3 is 2.37 bits per heavy atom. The summed E-state index contributed by atoms with van der Waals surface area (Å²) in [5.41, 5.74) is 2.04. The van der Waals surface area contributed by atoms with Crippen LogP contribution in [0.2, 0.25) is 0 Å². The second kappa shape index (κ2) is 12.9. The minimum Gasteiger partial charge on any atom is -0.444 e. The van der Waals surface area contributed by atoms with Crippen molar-refractivity contribution in [3.63, 3.8) is 0 Å². The maximum Gasteiger partial charge on any atom is 0.409 e. The average Bonchev–Trinajstić information content (AvgIpc) is 3.17. The molecule has 3 aromatic rings. The Hall–Kier alpha value is -1.97. The number of ether oxygens (including phenoxy) is 2. The van der Waals surface area contributed by atoms with Crippen LogP contribution < -0.4 is 10.0 Å². The van der Waals surface area contributed by atoms with Crippen LogP contribution in [0.5, 0.6) is 0 Å². The van der Waals surface area contributed by atoms with Crippen LogP contribution in [-0.4, -0.2) is 48.2 Å². The number of alkyl carbamates (subject to hydrolysis) is 1. The number of benzene rings is 1. The van der Waals surface area contributed by atoms with E-state index in [1.54, 1.807) is 40.8 Å². The third-order valence-electron chi connectivity index (χ3n) is 5.12. The van der Waals surface area contributed by atoms with Crippen LogP contribution in [0.25, 0.3) is 16.8 Å². The van der Waals surface area contributed by atoms with Gasteiger partial charge >= 0.3 is 6.09 Å². The summed E-state index contributed by atoms with van der Waals surface area (Å²) >= 11 is 0. The molecule has 0 radical (unpaired) electrons. The number of imidazole rings is 1. The second-order valence-corrected chi connectivity index (χ2v) is 12.0. The average molecular weight is 772 g/mol. The first-order chi connectivity index (χ1) is 17.1. The molecule has 38 heavy (non-hydrogen) atoms. The van der Waals surface area contributed by atoms with Crippen LogP contribution in [0.4, 0.5) is 9.18 Å². The quantitative estimate of drug-likeness (QED) is 0.232. The fourth-order valence-corrected chi connectivity index (χ4v) is 4.01. The van der Waals surface area contributed by atoms with Crippen molar-refractivity contribution in [1.82, 2.24) is 19.4 Å². The van der Waals surface area contributed by atoms with Gasteiger partial charge in [0.15, 0.2) is 0 Å². The van der Waals surface area contributed by atoms with E-state index in [4.69, 9.17) is 9.47 Å².